The Kier molecular flexibility index (Phi) is 5.97. The van der Waals surface area contributed by atoms with Crippen LogP contribution in [0.5, 0.6) is 11.5 Å². The van der Waals surface area contributed by atoms with Crippen LogP contribution in [0.2, 0.25) is 0 Å². The lowest BCUT2D eigenvalue weighted by molar-refractivity contribution is -0.138. The number of carbonyl (C=O) groups is 2. The molecule has 160 valence electrons. The number of hydrogen-bond acceptors (Lipinski definition) is 5. The smallest absolute Gasteiger partial charge is 0.254 e. The molecule has 7 heteroatoms. The van der Waals surface area contributed by atoms with Crippen LogP contribution in [0.3, 0.4) is 0 Å². The third kappa shape index (κ3) is 4.45. The van der Waals surface area contributed by atoms with Crippen LogP contribution in [0, 0.1) is 5.92 Å². The van der Waals surface area contributed by atoms with E-state index in [-0.39, 0.29) is 17.7 Å². The second kappa shape index (κ2) is 8.81. The van der Waals surface area contributed by atoms with Gasteiger partial charge >= 0.3 is 0 Å². The van der Waals surface area contributed by atoms with Crippen LogP contribution >= 0.6 is 0 Å². The molecule has 2 fully saturated rings. The monoisotopic (exact) mass is 412 g/mol. The molecule has 1 saturated carbocycles. The van der Waals surface area contributed by atoms with Gasteiger partial charge in [0.15, 0.2) is 0 Å². The molecule has 0 spiro atoms. The lowest BCUT2D eigenvalue weighted by Gasteiger charge is -2.34. The quantitative estimate of drug-likeness (QED) is 0.697. The molecule has 0 bridgehead atoms. The summed E-state index contributed by atoms with van der Waals surface area (Å²) in [6, 6.07) is 9.27. The Hall–Kier alpha value is -2.96. The van der Waals surface area contributed by atoms with E-state index in [1.54, 1.807) is 38.7 Å². The van der Waals surface area contributed by atoms with E-state index in [1.807, 2.05) is 21.9 Å². The van der Waals surface area contributed by atoms with Crippen molar-refractivity contribution in [3.8, 4) is 11.5 Å². The van der Waals surface area contributed by atoms with Gasteiger partial charge in [0.1, 0.15) is 17.3 Å². The van der Waals surface area contributed by atoms with E-state index in [2.05, 4.69) is 0 Å². The van der Waals surface area contributed by atoms with Crippen molar-refractivity contribution in [2.45, 2.75) is 38.3 Å². The molecule has 0 unspecified atom stereocenters. The van der Waals surface area contributed by atoms with E-state index >= 15 is 0 Å². The number of methoxy groups -OCH3 is 2. The van der Waals surface area contributed by atoms with E-state index in [9.17, 15) is 9.59 Å². The van der Waals surface area contributed by atoms with Crippen molar-refractivity contribution in [3.05, 3.63) is 47.9 Å². The lowest BCUT2D eigenvalue weighted by atomic mass is 9.94. The largest absolute Gasteiger partial charge is 0.497 e. The predicted molar refractivity (Wildman–Crippen MR) is 110 cm³/mol. The Morgan fingerprint density at radius 3 is 2.27 bits per heavy atom. The maximum atomic E-state index is 13.2. The Morgan fingerprint density at radius 2 is 1.73 bits per heavy atom. The molecule has 2 heterocycles. The number of benzene rings is 1. The van der Waals surface area contributed by atoms with Gasteiger partial charge < -0.3 is 23.7 Å². The van der Waals surface area contributed by atoms with Crippen molar-refractivity contribution in [3.63, 3.8) is 0 Å². The van der Waals surface area contributed by atoms with E-state index in [0.717, 1.165) is 18.6 Å². The lowest BCUT2D eigenvalue weighted by Crippen LogP contribution is -2.44. The second-order valence-corrected chi connectivity index (χ2v) is 7.94. The van der Waals surface area contributed by atoms with Gasteiger partial charge in [-0.2, -0.15) is 0 Å². The highest BCUT2D eigenvalue weighted by atomic mass is 16.5. The number of likely N-dealkylation sites (tertiary alicyclic amines) is 1. The standard InChI is InChI=1S/C23H28N2O5/c1-28-20-12-17(13-21(14-20)29-2)22(26)24-9-7-16(8-10-24)23(27)25(18-5-6-18)15-19-4-3-11-30-19/h3-4,11-14,16,18H,5-10,15H2,1-2H3. The average molecular weight is 412 g/mol. The maximum Gasteiger partial charge on any atom is 0.254 e. The van der Waals surface area contributed by atoms with Crippen molar-refractivity contribution in [1.29, 1.82) is 0 Å². The van der Waals surface area contributed by atoms with Crippen molar-refractivity contribution >= 4 is 11.8 Å². The van der Waals surface area contributed by atoms with Crippen LogP contribution in [0.1, 0.15) is 41.8 Å². The van der Waals surface area contributed by atoms with Crippen LogP contribution in [-0.4, -0.2) is 55.0 Å². The molecular formula is C23H28N2O5. The summed E-state index contributed by atoms with van der Waals surface area (Å²) in [4.78, 5) is 29.9. The minimum atomic E-state index is -0.0623. The van der Waals surface area contributed by atoms with Crippen LogP contribution < -0.4 is 9.47 Å². The summed E-state index contributed by atoms with van der Waals surface area (Å²) in [5.41, 5.74) is 0.536. The number of ether oxygens (including phenoxy) is 2. The topological polar surface area (TPSA) is 72.2 Å². The molecule has 1 aliphatic carbocycles. The molecule has 1 aromatic carbocycles. The molecule has 2 aliphatic rings. The summed E-state index contributed by atoms with van der Waals surface area (Å²) < 4.78 is 16.0. The molecule has 1 aromatic heterocycles. The summed E-state index contributed by atoms with van der Waals surface area (Å²) in [6.07, 6.45) is 5.10. The SMILES string of the molecule is COc1cc(OC)cc(C(=O)N2CCC(C(=O)N(Cc3ccco3)C3CC3)CC2)c1. The molecule has 0 radical (unpaired) electrons. The molecular weight excluding hydrogens is 384 g/mol. The zero-order chi connectivity index (χ0) is 21.1. The summed E-state index contributed by atoms with van der Waals surface area (Å²) >= 11 is 0. The summed E-state index contributed by atoms with van der Waals surface area (Å²) in [6.45, 7) is 1.65. The first-order valence-corrected chi connectivity index (χ1v) is 10.4. The first kappa shape index (κ1) is 20.3. The number of amides is 2. The van der Waals surface area contributed by atoms with Gasteiger partial charge in [-0.1, -0.05) is 0 Å². The third-order valence-electron chi connectivity index (χ3n) is 5.91. The van der Waals surface area contributed by atoms with Crippen LogP contribution in [0.15, 0.2) is 41.0 Å². The van der Waals surface area contributed by atoms with Crippen LogP contribution in [-0.2, 0) is 11.3 Å². The molecule has 7 nitrogen and oxygen atoms in total. The average Bonchev–Trinajstić information content (AvgIpc) is 3.51. The number of rotatable bonds is 7. The van der Waals surface area contributed by atoms with E-state index in [4.69, 9.17) is 13.9 Å². The Labute approximate surface area is 176 Å². The van der Waals surface area contributed by atoms with Crippen molar-refractivity contribution in [1.82, 2.24) is 9.80 Å². The normalized spacial score (nSPS) is 16.9. The van der Waals surface area contributed by atoms with Gasteiger partial charge in [-0.15, -0.1) is 0 Å². The van der Waals surface area contributed by atoms with Gasteiger partial charge in [-0.05, 0) is 49.9 Å². The fraction of sp³-hybridized carbons (Fsp3) is 0.478. The van der Waals surface area contributed by atoms with Gasteiger partial charge in [-0.3, -0.25) is 9.59 Å². The first-order valence-electron chi connectivity index (χ1n) is 10.4. The van der Waals surface area contributed by atoms with Crippen molar-refractivity contribution < 1.29 is 23.5 Å². The van der Waals surface area contributed by atoms with Gasteiger partial charge in [0.25, 0.3) is 5.91 Å². The maximum absolute atomic E-state index is 13.2. The molecule has 1 aliphatic heterocycles. The summed E-state index contributed by atoms with van der Waals surface area (Å²) in [7, 11) is 3.13. The molecule has 1 saturated heterocycles. The predicted octanol–water partition coefficient (Wildman–Crippen LogP) is 3.34. The van der Waals surface area contributed by atoms with Crippen molar-refractivity contribution in [2.75, 3.05) is 27.3 Å². The van der Waals surface area contributed by atoms with Gasteiger partial charge in [-0.25, -0.2) is 0 Å². The fourth-order valence-electron chi connectivity index (χ4n) is 4.02. The fourth-order valence-corrected chi connectivity index (χ4v) is 4.02. The van der Waals surface area contributed by atoms with E-state index in [0.29, 0.717) is 55.6 Å². The number of carbonyl (C=O) groups excluding carboxylic acids is 2. The van der Waals surface area contributed by atoms with Gasteiger partial charge in [0.05, 0.1) is 27.0 Å². The number of furan rings is 1. The molecule has 2 aromatic rings. The first-order chi connectivity index (χ1) is 14.6. The molecule has 2 amide bonds. The zero-order valence-electron chi connectivity index (χ0n) is 17.5. The van der Waals surface area contributed by atoms with E-state index in [1.165, 1.54) is 0 Å². The Bertz CT molecular complexity index is 861. The number of nitrogens with zero attached hydrogens (tertiary/aromatic N) is 2. The minimum absolute atomic E-state index is 0.0514. The zero-order valence-corrected chi connectivity index (χ0v) is 17.5. The molecule has 0 atom stereocenters. The number of piperidine rings is 1. The van der Waals surface area contributed by atoms with Crippen LogP contribution in [0.25, 0.3) is 0 Å². The van der Waals surface area contributed by atoms with E-state index < -0.39 is 0 Å². The number of hydrogen-bond donors (Lipinski definition) is 0. The molecule has 30 heavy (non-hydrogen) atoms. The highest BCUT2D eigenvalue weighted by Gasteiger charge is 2.38. The van der Waals surface area contributed by atoms with Gasteiger partial charge in [0.2, 0.25) is 5.91 Å². The second-order valence-electron chi connectivity index (χ2n) is 7.94. The minimum Gasteiger partial charge on any atom is -0.497 e. The van der Waals surface area contributed by atoms with Crippen LogP contribution in [0.4, 0.5) is 0 Å². The molecule has 0 N–H and O–H groups in total. The Balaban J connectivity index is 1.38. The highest BCUT2D eigenvalue weighted by Crippen LogP contribution is 2.32. The highest BCUT2D eigenvalue weighted by molar-refractivity contribution is 5.95. The summed E-state index contributed by atoms with van der Waals surface area (Å²) in [5.74, 6) is 2.05. The third-order valence-corrected chi connectivity index (χ3v) is 5.91. The van der Waals surface area contributed by atoms with Gasteiger partial charge in [0, 0.05) is 36.7 Å². The molecule has 4 rings (SSSR count). The van der Waals surface area contributed by atoms with Crippen molar-refractivity contribution in [2.24, 2.45) is 5.92 Å². The Morgan fingerprint density at radius 1 is 1.07 bits per heavy atom. The summed E-state index contributed by atoms with van der Waals surface area (Å²) in [5, 5.41) is 0.